The van der Waals surface area contributed by atoms with E-state index in [0.717, 1.165) is 32.1 Å². The Kier molecular flexibility index (Phi) is 5.25. The number of hydrogen-bond acceptors (Lipinski definition) is 5. The number of anilines is 2. The summed E-state index contributed by atoms with van der Waals surface area (Å²) in [4.78, 5) is 40.5. The molecule has 0 radical (unpaired) electrons. The molecule has 2 aliphatic heterocycles. The molecule has 5 rings (SSSR count). The summed E-state index contributed by atoms with van der Waals surface area (Å²) in [7, 11) is 0. The van der Waals surface area contributed by atoms with Gasteiger partial charge in [-0.15, -0.1) is 0 Å². The summed E-state index contributed by atoms with van der Waals surface area (Å²) in [5.74, 6) is -0.984. The van der Waals surface area contributed by atoms with Gasteiger partial charge in [0.05, 0.1) is 22.4 Å². The van der Waals surface area contributed by atoms with E-state index in [1.807, 2.05) is 23.1 Å². The van der Waals surface area contributed by atoms with Crippen LogP contribution in [0.4, 0.5) is 17.1 Å². The average molecular weight is 431 g/mol. The number of nitro groups is 1. The Balaban J connectivity index is 1.42. The number of nitro benzene ring substituents is 1. The Morgan fingerprint density at radius 2 is 1.62 bits per heavy atom. The molecule has 2 aromatic rings. The van der Waals surface area contributed by atoms with Gasteiger partial charge in [0, 0.05) is 19.2 Å². The van der Waals surface area contributed by atoms with E-state index in [0.29, 0.717) is 24.5 Å². The van der Waals surface area contributed by atoms with Crippen molar-refractivity contribution in [1.82, 2.24) is 0 Å². The Hall–Kier alpha value is -3.48. The van der Waals surface area contributed by atoms with Crippen molar-refractivity contribution < 1.29 is 14.5 Å². The smallest absolute Gasteiger partial charge is 0.294 e. The van der Waals surface area contributed by atoms with Crippen LogP contribution in [0.5, 0.6) is 0 Å². The second-order valence-electron chi connectivity index (χ2n) is 8.73. The van der Waals surface area contributed by atoms with Crippen LogP contribution in [0.25, 0.3) is 5.57 Å². The second kappa shape index (κ2) is 8.22. The predicted molar refractivity (Wildman–Crippen MR) is 122 cm³/mol. The van der Waals surface area contributed by atoms with Gasteiger partial charge in [0.1, 0.15) is 5.69 Å². The molecule has 0 spiro atoms. The van der Waals surface area contributed by atoms with Crippen LogP contribution in [0.2, 0.25) is 0 Å². The molecule has 1 aliphatic carbocycles. The summed E-state index contributed by atoms with van der Waals surface area (Å²) < 4.78 is 0. The lowest BCUT2D eigenvalue weighted by Crippen LogP contribution is -2.31. The van der Waals surface area contributed by atoms with Crippen LogP contribution in [0.1, 0.15) is 37.7 Å². The molecule has 0 N–H and O–H groups in total. The first-order valence-corrected chi connectivity index (χ1v) is 11.2. The first-order valence-electron chi connectivity index (χ1n) is 11.2. The molecule has 7 heteroatoms. The molecule has 0 unspecified atom stereocenters. The maximum Gasteiger partial charge on any atom is 0.294 e. The minimum absolute atomic E-state index is 0.0745. The number of fused-ring (bicyclic) bond motifs is 1. The zero-order chi connectivity index (χ0) is 22.2. The number of nitrogens with zero attached hydrogens (tertiary/aromatic N) is 3. The molecule has 1 saturated heterocycles. The van der Waals surface area contributed by atoms with Crippen molar-refractivity contribution >= 4 is 34.4 Å². The third kappa shape index (κ3) is 3.47. The molecule has 3 aliphatic rings. The third-order valence-electron chi connectivity index (χ3n) is 6.95. The van der Waals surface area contributed by atoms with E-state index in [9.17, 15) is 19.7 Å². The van der Waals surface area contributed by atoms with Crippen LogP contribution in [-0.4, -0.2) is 29.8 Å². The van der Waals surface area contributed by atoms with Gasteiger partial charge in [0.2, 0.25) is 11.8 Å². The van der Waals surface area contributed by atoms with Crippen LogP contribution in [-0.2, 0) is 9.59 Å². The SMILES string of the molecule is O=C1[C@H]2CCCC[C@H]2C(=O)N1c1ccc(N2CC=C(c3ccccc3)CC2)c([N+](=O)[O-])c1. The number of hydrogen-bond donors (Lipinski definition) is 0. The zero-order valence-corrected chi connectivity index (χ0v) is 17.8. The Morgan fingerprint density at radius 1 is 0.938 bits per heavy atom. The Bertz CT molecular complexity index is 1090. The lowest BCUT2D eigenvalue weighted by atomic mass is 9.81. The van der Waals surface area contributed by atoms with E-state index in [1.165, 1.54) is 22.1 Å². The van der Waals surface area contributed by atoms with E-state index in [1.54, 1.807) is 12.1 Å². The van der Waals surface area contributed by atoms with Gasteiger partial charge >= 0.3 is 0 Å². The molecule has 2 atom stereocenters. The van der Waals surface area contributed by atoms with Crippen LogP contribution in [0.15, 0.2) is 54.6 Å². The fourth-order valence-corrected chi connectivity index (χ4v) is 5.28. The topological polar surface area (TPSA) is 83.8 Å². The van der Waals surface area contributed by atoms with Gasteiger partial charge in [0.15, 0.2) is 0 Å². The van der Waals surface area contributed by atoms with Crippen LogP contribution in [0, 0.1) is 22.0 Å². The highest BCUT2D eigenvalue weighted by Gasteiger charge is 2.49. The Morgan fingerprint density at radius 3 is 2.22 bits per heavy atom. The van der Waals surface area contributed by atoms with E-state index in [2.05, 4.69) is 18.2 Å². The number of carbonyl (C=O) groups is 2. The van der Waals surface area contributed by atoms with E-state index in [-0.39, 0.29) is 29.3 Å². The molecule has 164 valence electrons. The predicted octanol–water partition coefficient (Wildman–Crippen LogP) is 4.57. The molecule has 32 heavy (non-hydrogen) atoms. The normalized spacial score (nSPS) is 23.2. The van der Waals surface area contributed by atoms with Gasteiger partial charge in [-0.05, 0) is 42.5 Å². The number of amides is 2. The maximum atomic E-state index is 12.9. The van der Waals surface area contributed by atoms with Crippen molar-refractivity contribution in [2.24, 2.45) is 11.8 Å². The summed E-state index contributed by atoms with van der Waals surface area (Å²) in [6, 6.07) is 14.9. The molecule has 2 amide bonds. The zero-order valence-electron chi connectivity index (χ0n) is 17.8. The van der Waals surface area contributed by atoms with Crippen molar-refractivity contribution in [1.29, 1.82) is 0 Å². The molecule has 7 nitrogen and oxygen atoms in total. The molecule has 2 heterocycles. The van der Waals surface area contributed by atoms with Gasteiger partial charge in [-0.25, -0.2) is 4.90 Å². The molecular weight excluding hydrogens is 406 g/mol. The largest absolute Gasteiger partial charge is 0.362 e. The third-order valence-corrected chi connectivity index (χ3v) is 6.95. The van der Waals surface area contributed by atoms with Crippen LogP contribution >= 0.6 is 0 Å². The number of imide groups is 1. The molecule has 2 aromatic carbocycles. The van der Waals surface area contributed by atoms with Gasteiger partial charge in [-0.3, -0.25) is 19.7 Å². The summed E-state index contributed by atoms with van der Waals surface area (Å²) >= 11 is 0. The fraction of sp³-hybridized carbons (Fsp3) is 0.360. The van der Waals surface area contributed by atoms with Gasteiger partial charge in [0.25, 0.3) is 5.69 Å². The quantitative estimate of drug-likeness (QED) is 0.402. The standard InChI is InChI=1S/C25H25N3O4/c29-24-20-8-4-5-9-21(20)25(30)27(24)19-10-11-22(23(16-19)28(31)32)26-14-12-18(13-15-26)17-6-2-1-3-7-17/h1-3,6-7,10-12,16,20-21H,4-5,8-9,13-15H2/t20-,21+. The van der Waals surface area contributed by atoms with Crippen molar-refractivity contribution in [3.8, 4) is 0 Å². The van der Waals surface area contributed by atoms with Crippen molar-refractivity contribution in [2.75, 3.05) is 22.9 Å². The highest BCUT2D eigenvalue weighted by molar-refractivity contribution is 6.22. The minimum atomic E-state index is -0.423. The highest BCUT2D eigenvalue weighted by Crippen LogP contribution is 2.42. The first-order chi connectivity index (χ1) is 15.5. The second-order valence-corrected chi connectivity index (χ2v) is 8.73. The monoisotopic (exact) mass is 431 g/mol. The van der Waals surface area contributed by atoms with E-state index < -0.39 is 4.92 Å². The highest BCUT2D eigenvalue weighted by atomic mass is 16.6. The van der Waals surface area contributed by atoms with Crippen LogP contribution in [0.3, 0.4) is 0 Å². The molecule has 0 bridgehead atoms. The molecule has 2 fully saturated rings. The van der Waals surface area contributed by atoms with E-state index >= 15 is 0 Å². The lowest BCUT2D eigenvalue weighted by Gasteiger charge is -2.28. The molecule has 0 aromatic heterocycles. The Labute approximate surface area is 186 Å². The fourth-order valence-electron chi connectivity index (χ4n) is 5.28. The summed E-state index contributed by atoms with van der Waals surface area (Å²) in [5, 5.41) is 11.9. The van der Waals surface area contributed by atoms with Crippen molar-refractivity contribution in [3.63, 3.8) is 0 Å². The summed E-state index contributed by atoms with van der Waals surface area (Å²) in [6.45, 7) is 1.22. The molecule has 1 saturated carbocycles. The summed E-state index contributed by atoms with van der Waals surface area (Å²) in [6.07, 6.45) is 6.22. The lowest BCUT2D eigenvalue weighted by molar-refractivity contribution is -0.384. The average Bonchev–Trinajstić information content (AvgIpc) is 3.09. The maximum absolute atomic E-state index is 12.9. The first kappa shape index (κ1) is 20.4. The number of carbonyl (C=O) groups excluding carboxylic acids is 2. The van der Waals surface area contributed by atoms with Gasteiger partial charge < -0.3 is 4.90 Å². The number of rotatable bonds is 4. The van der Waals surface area contributed by atoms with Crippen LogP contribution < -0.4 is 9.80 Å². The minimum Gasteiger partial charge on any atom is -0.362 e. The summed E-state index contributed by atoms with van der Waals surface area (Å²) in [5.41, 5.74) is 3.15. The van der Waals surface area contributed by atoms with Crippen molar-refractivity contribution in [3.05, 3.63) is 70.3 Å². The van der Waals surface area contributed by atoms with E-state index in [4.69, 9.17) is 0 Å². The van der Waals surface area contributed by atoms with Gasteiger partial charge in [-0.1, -0.05) is 49.2 Å². The number of benzene rings is 2. The van der Waals surface area contributed by atoms with Crippen molar-refractivity contribution in [2.45, 2.75) is 32.1 Å². The molecular formula is C25H25N3O4. The van der Waals surface area contributed by atoms with Gasteiger partial charge in [-0.2, -0.15) is 0 Å².